The molecule has 2 aromatic heterocycles. The normalized spacial score (nSPS) is 11.2. The molecule has 18 heavy (non-hydrogen) atoms. The Bertz CT molecular complexity index is 654. The van der Waals surface area contributed by atoms with Crippen LogP contribution in [0.2, 0.25) is 0 Å². The molecule has 4 heteroatoms. The first kappa shape index (κ1) is 11.0. The average Bonchev–Trinajstić information content (AvgIpc) is 2.97. The molecular formula is C14H15N3O. The van der Waals surface area contributed by atoms with Crippen LogP contribution in [-0.4, -0.2) is 9.78 Å². The van der Waals surface area contributed by atoms with Gasteiger partial charge in [-0.15, -0.1) is 0 Å². The standard InChI is InChI=1S/C14H15N3O/c1-17-12(6-7-16-17)9-15-8-11-10-18-14-5-3-2-4-13(11)14/h2-7,10,15H,8-9H2,1H3. The van der Waals surface area contributed by atoms with E-state index in [-0.39, 0.29) is 0 Å². The molecule has 0 saturated carbocycles. The topological polar surface area (TPSA) is 43.0 Å². The fraction of sp³-hybridized carbons (Fsp3) is 0.214. The predicted molar refractivity (Wildman–Crippen MR) is 70.0 cm³/mol. The lowest BCUT2D eigenvalue weighted by atomic mass is 10.2. The van der Waals surface area contributed by atoms with Crippen LogP contribution >= 0.6 is 0 Å². The van der Waals surface area contributed by atoms with Crippen molar-refractivity contribution in [3.05, 3.63) is 54.0 Å². The predicted octanol–water partition coefficient (Wildman–Crippen LogP) is 2.46. The van der Waals surface area contributed by atoms with E-state index in [2.05, 4.69) is 16.5 Å². The minimum absolute atomic E-state index is 0.794. The first-order chi connectivity index (χ1) is 8.84. The molecule has 1 aromatic carbocycles. The molecule has 3 rings (SSSR count). The molecule has 0 amide bonds. The van der Waals surface area contributed by atoms with Crippen LogP contribution in [0.4, 0.5) is 0 Å². The third-order valence-corrected chi connectivity index (χ3v) is 3.11. The summed E-state index contributed by atoms with van der Waals surface area (Å²) in [7, 11) is 1.95. The molecule has 0 aliphatic carbocycles. The summed E-state index contributed by atoms with van der Waals surface area (Å²) in [5, 5.41) is 8.72. The number of para-hydroxylation sites is 1. The van der Waals surface area contributed by atoms with Crippen molar-refractivity contribution in [1.82, 2.24) is 15.1 Å². The van der Waals surface area contributed by atoms with Crippen LogP contribution in [0.1, 0.15) is 11.3 Å². The van der Waals surface area contributed by atoms with Gasteiger partial charge in [0.2, 0.25) is 0 Å². The van der Waals surface area contributed by atoms with Crippen molar-refractivity contribution < 1.29 is 4.42 Å². The molecule has 0 unspecified atom stereocenters. The number of rotatable bonds is 4. The number of aromatic nitrogens is 2. The summed E-state index contributed by atoms with van der Waals surface area (Å²) in [6.07, 6.45) is 3.63. The van der Waals surface area contributed by atoms with Crippen LogP contribution < -0.4 is 5.32 Å². The maximum Gasteiger partial charge on any atom is 0.134 e. The van der Waals surface area contributed by atoms with E-state index in [9.17, 15) is 0 Å². The molecule has 1 N–H and O–H groups in total. The van der Waals surface area contributed by atoms with E-state index in [0.717, 1.165) is 18.7 Å². The van der Waals surface area contributed by atoms with Crippen molar-refractivity contribution in [3.8, 4) is 0 Å². The van der Waals surface area contributed by atoms with Gasteiger partial charge in [0.1, 0.15) is 5.58 Å². The SMILES string of the molecule is Cn1nccc1CNCc1coc2ccccc12. The molecule has 92 valence electrons. The van der Waals surface area contributed by atoms with Crippen molar-refractivity contribution >= 4 is 11.0 Å². The van der Waals surface area contributed by atoms with Crippen molar-refractivity contribution in [2.75, 3.05) is 0 Å². The quantitative estimate of drug-likeness (QED) is 0.763. The summed E-state index contributed by atoms with van der Waals surface area (Å²) in [6, 6.07) is 10.1. The summed E-state index contributed by atoms with van der Waals surface area (Å²) >= 11 is 0. The minimum atomic E-state index is 0.794. The van der Waals surface area contributed by atoms with Crippen molar-refractivity contribution in [2.24, 2.45) is 7.05 Å². The van der Waals surface area contributed by atoms with Gasteiger partial charge in [-0.05, 0) is 12.1 Å². The number of nitrogens with one attached hydrogen (secondary N) is 1. The molecule has 0 aliphatic rings. The van der Waals surface area contributed by atoms with E-state index in [1.807, 2.05) is 48.5 Å². The van der Waals surface area contributed by atoms with Crippen molar-refractivity contribution in [3.63, 3.8) is 0 Å². The number of furan rings is 1. The number of hydrogen-bond acceptors (Lipinski definition) is 3. The Morgan fingerprint density at radius 2 is 2.11 bits per heavy atom. The van der Waals surface area contributed by atoms with Crippen LogP contribution in [0.15, 0.2) is 47.2 Å². The zero-order valence-corrected chi connectivity index (χ0v) is 10.3. The minimum Gasteiger partial charge on any atom is -0.464 e. The van der Waals surface area contributed by atoms with Gasteiger partial charge in [-0.2, -0.15) is 5.10 Å². The zero-order chi connectivity index (χ0) is 12.4. The number of hydrogen-bond donors (Lipinski definition) is 1. The molecule has 3 aromatic rings. The third kappa shape index (κ3) is 2.02. The fourth-order valence-corrected chi connectivity index (χ4v) is 2.07. The molecule has 0 radical (unpaired) electrons. The maximum atomic E-state index is 5.50. The van der Waals surface area contributed by atoms with Crippen LogP contribution in [-0.2, 0) is 20.1 Å². The Kier molecular flexibility index (Phi) is 2.86. The van der Waals surface area contributed by atoms with Crippen LogP contribution in [0.3, 0.4) is 0 Å². The molecular weight excluding hydrogens is 226 g/mol. The van der Waals surface area contributed by atoms with E-state index >= 15 is 0 Å². The number of aryl methyl sites for hydroxylation is 1. The molecule has 0 spiro atoms. The lowest BCUT2D eigenvalue weighted by molar-refractivity contribution is 0.594. The fourth-order valence-electron chi connectivity index (χ4n) is 2.07. The Morgan fingerprint density at radius 1 is 1.22 bits per heavy atom. The van der Waals surface area contributed by atoms with Gasteiger partial charge in [0.15, 0.2) is 0 Å². The first-order valence-electron chi connectivity index (χ1n) is 5.97. The highest BCUT2D eigenvalue weighted by Crippen LogP contribution is 2.20. The monoisotopic (exact) mass is 241 g/mol. The van der Waals surface area contributed by atoms with Gasteiger partial charge >= 0.3 is 0 Å². The second kappa shape index (κ2) is 4.66. The Hall–Kier alpha value is -2.07. The number of benzene rings is 1. The number of fused-ring (bicyclic) bond motifs is 1. The van der Waals surface area contributed by atoms with E-state index in [1.165, 1.54) is 16.6 Å². The largest absolute Gasteiger partial charge is 0.464 e. The summed E-state index contributed by atoms with van der Waals surface area (Å²) < 4.78 is 7.38. The summed E-state index contributed by atoms with van der Waals surface area (Å²) in [4.78, 5) is 0. The van der Waals surface area contributed by atoms with Gasteiger partial charge in [-0.25, -0.2) is 0 Å². The van der Waals surface area contributed by atoms with Gasteiger partial charge < -0.3 is 9.73 Å². The smallest absolute Gasteiger partial charge is 0.134 e. The van der Waals surface area contributed by atoms with Gasteiger partial charge in [0, 0.05) is 37.3 Å². The average molecular weight is 241 g/mol. The molecule has 0 aliphatic heterocycles. The van der Waals surface area contributed by atoms with Gasteiger partial charge in [-0.1, -0.05) is 18.2 Å². The Labute approximate surface area is 105 Å². The first-order valence-corrected chi connectivity index (χ1v) is 5.97. The van der Waals surface area contributed by atoms with E-state index in [0.29, 0.717) is 0 Å². The van der Waals surface area contributed by atoms with Crippen molar-refractivity contribution in [2.45, 2.75) is 13.1 Å². The van der Waals surface area contributed by atoms with Crippen LogP contribution in [0.5, 0.6) is 0 Å². The van der Waals surface area contributed by atoms with Crippen molar-refractivity contribution in [1.29, 1.82) is 0 Å². The summed E-state index contributed by atoms with van der Waals surface area (Å²) in [5.74, 6) is 0. The molecule has 0 atom stereocenters. The molecule has 0 bridgehead atoms. The second-order valence-corrected chi connectivity index (χ2v) is 4.31. The Balaban J connectivity index is 1.68. The summed E-state index contributed by atoms with van der Waals surface area (Å²) in [5.41, 5.74) is 3.30. The highest BCUT2D eigenvalue weighted by atomic mass is 16.3. The van der Waals surface area contributed by atoms with Gasteiger partial charge in [0.05, 0.1) is 12.0 Å². The molecule has 4 nitrogen and oxygen atoms in total. The van der Waals surface area contributed by atoms with E-state index in [4.69, 9.17) is 4.42 Å². The van der Waals surface area contributed by atoms with E-state index < -0.39 is 0 Å². The summed E-state index contributed by atoms with van der Waals surface area (Å²) in [6.45, 7) is 1.60. The molecule has 0 fully saturated rings. The second-order valence-electron chi connectivity index (χ2n) is 4.31. The maximum absolute atomic E-state index is 5.50. The third-order valence-electron chi connectivity index (χ3n) is 3.11. The van der Waals surface area contributed by atoms with Gasteiger partial charge in [-0.3, -0.25) is 4.68 Å². The zero-order valence-electron chi connectivity index (χ0n) is 10.3. The van der Waals surface area contributed by atoms with Crippen LogP contribution in [0, 0.1) is 0 Å². The highest BCUT2D eigenvalue weighted by molar-refractivity contribution is 5.80. The Morgan fingerprint density at radius 3 is 2.94 bits per heavy atom. The highest BCUT2D eigenvalue weighted by Gasteiger charge is 2.04. The lowest BCUT2D eigenvalue weighted by Crippen LogP contribution is -2.14. The molecule has 0 saturated heterocycles. The molecule has 2 heterocycles. The lowest BCUT2D eigenvalue weighted by Gasteiger charge is -2.03. The van der Waals surface area contributed by atoms with Gasteiger partial charge in [0.25, 0.3) is 0 Å². The van der Waals surface area contributed by atoms with E-state index in [1.54, 1.807) is 0 Å². The van der Waals surface area contributed by atoms with Crippen LogP contribution in [0.25, 0.3) is 11.0 Å². The number of nitrogens with zero attached hydrogens (tertiary/aromatic N) is 2.